The number of hydrogen-bond acceptors (Lipinski definition) is 2. The summed E-state index contributed by atoms with van der Waals surface area (Å²) in [5.74, 6) is 0. The minimum atomic E-state index is 0.391. The van der Waals surface area contributed by atoms with E-state index in [1.165, 1.54) is 32.1 Å². The van der Waals surface area contributed by atoms with E-state index in [2.05, 4.69) is 6.92 Å². The molecule has 0 radical (unpaired) electrons. The Morgan fingerprint density at radius 1 is 1.15 bits per heavy atom. The first-order valence-electron chi connectivity index (χ1n) is 5.50. The molecule has 0 aromatic carbocycles. The van der Waals surface area contributed by atoms with E-state index in [-0.39, 0.29) is 0 Å². The summed E-state index contributed by atoms with van der Waals surface area (Å²) in [6.45, 7) is 5.08. The maximum atomic E-state index is 5.98. The lowest BCUT2D eigenvalue weighted by Crippen LogP contribution is -2.57. The summed E-state index contributed by atoms with van der Waals surface area (Å²) in [7, 11) is 0. The number of hydrogen-bond donors (Lipinski definition) is 1. The van der Waals surface area contributed by atoms with Crippen LogP contribution in [0.2, 0.25) is 0 Å². The molecule has 0 aromatic heterocycles. The van der Waals surface area contributed by atoms with Crippen LogP contribution in [0.3, 0.4) is 0 Å². The SMILES string of the molecule is CC1(C2(CN)CCCCC2)COC1. The van der Waals surface area contributed by atoms with E-state index in [0.29, 0.717) is 10.8 Å². The van der Waals surface area contributed by atoms with Crippen molar-refractivity contribution in [1.82, 2.24) is 0 Å². The first kappa shape index (κ1) is 9.47. The summed E-state index contributed by atoms with van der Waals surface area (Å²) in [4.78, 5) is 0. The van der Waals surface area contributed by atoms with Crippen LogP contribution < -0.4 is 5.73 Å². The van der Waals surface area contributed by atoms with E-state index >= 15 is 0 Å². The predicted octanol–water partition coefficient (Wildman–Crippen LogP) is 1.93. The highest BCUT2D eigenvalue weighted by molar-refractivity contribution is 5.01. The summed E-state index contributed by atoms with van der Waals surface area (Å²) in [5.41, 5.74) is 6.78. The minimum Gasteiger partial charge on any atom is -0.380 e. The molecule has 1 saturated carbocycles. The molecule has 0 aromatic rings. The fourth-order valence-corrected chi connectivity index (χ4v) is 3.00. The lowest BCUT2D eigenvalue weighted by Gasteiger charge is -2.55. The van der Waals surface area contributed by atoms with Gasteiger partial charge in [0, 0.05) is 5.41 Å². The highest BCUT2D eigenvalue weighted by Gasteiger charge is 2.51. The molecule has 13 heavy (non-hydrogen) atoms. The van der Waals surface area contributed by atoms with E-state index in [9.17, 15) is 0 Å². The van der Waals surface area contributed by atoms with Crippen molar-refractivity contribution < 1.29 is 4.74 Å². The third-order valence-electron chi connectivity index (χ3n) is 4.32. The molecular weight excluding hydrogens is 162 g/mol. The second-order valence-corrected chi connectivity index (χ2v) is 5.10. The molecule has 0 amide bonds. The lowest BCUT2D eigenvalue weighted by molar-refractivity contribution is -0.181. The van der Waals surface area contributed by atoms with Crippen LogP contribution in [0.1, 0.15) is 39.0 Å². The third kappa shape index (κ3) is 1.31. The molecule has 1 saturated heterocycles. The summed E-state index contributed by atoms with van der Waals surface area (Å²) in [6.07, 6.45) is 6.78. The topological polar surface area (TPSA) is 35.2 Å². The van der Waals surface area contributed by atoms with Gasteiger partial charge in [0.25, 0.3) is 0 Å². The van der Waals surface area contributed by atoms with Crippen molar-refractivity contribution in [3.05, 3.63) is 0 Å². The molecule has 2 N–H and O–H groups in total. The molecule has 2 heteroatoms. The summed E-state index contributed by atoms with van der Waals surface area (Å²) >= 11 is 0. The van der Waals surface area contributed by atoms with Gasteiger partial charge in [-0.25, -0.2) is 0 Å². The summed E-state index contributed by atoms with van der Waals surface area (Å²) in [6, 6.07) is 0. The van der Waals surface area contributed by atoms with Gasteiger partial charge in [-0.05, 0) is 24.8 Å². The first-order chi connectivity index (χ1) is 6.22. The monoisotopic (exact) mass is 183 g/mol. The Labute approximate surface area is 80.8 Å². The molecule has 2 aliphatic rings. The van der Waals surface area contributed by atoms with Gasteiger partial charge in [-0.2, -0.15) is 0 Å². The van der Waals surface area contributed by atoms with E-state index in [1.54, 1.807) is 0 Å². The smallest absolute Gasteiger partial charge is 0.0547 e. The van der Waals surface area contributed by atoms with Crippen molar-refractivity contribution in [2.75, 3.05) is 19.8 Å². The molecular formula is C11H21NO. The average molecular weight is 183 g/mol. The number of nitrogens with two attached hydrogens (primary N) is 1. The second kappa shape index (κ2) is 3.25. The molecule has 76 valence electrons. The van der Waals surface area contributed by atoms with Crippen molar-refractivity contribution >= 4 is 0 Å². The predicted molar refractivity (Wildman–Crippen MR) is 53.5 cm³/mol. The molecule has 0 atom stereocenters. The minimum absolute atomic E-state index is 0.391. The van der Waals surface area contributed by atoms with Crippen LogP contribution in [0, 0.1) is 10.8 Å². The van der Waals surface area contributed by atoms with Crippen LogP contribution in [0.4, 0.5) is 0 Å². The van der Waals surface area contributed by atoms with Crippen LogP contribution in [0.15, 0.2) is 0 Å². The zero-order chi connectivity index (χ0) is 9.36. The Morgan fingerprint density at radius 3 is 2.15 bits per heavy atom. The largest absolute Gasteiger partial charge is 0.380 e. The summed E-state index contributed by atoms with van der Waals surface area (Å²) in [5, 5.41) is 0. The van der Waals surface area contributed by atoms with Crippen LogP contribution in [0.5, 0.6) is 0 Å². The normalized spacial score (nSPS) is 30.9. The van der Waals surface area contributed by atoms with Crippen molar-refractivity contribution in [3.63, 3.8) is 0 Å². The molecule has 2 fully saturated rings. The van der Waals surface area contributed by atoms with Gasteiger partial charge in [-0.3, -0.25) is 0 Å². The molecule has 1 aliphatic heterocycles. The third-order valence-corrected chi connectivity index (χ3v) is 4.32. The molecule has 1 aliphatic carbocycles. The van der Waals surface area contributed by atoms with Gasteiger partial charge in [0.05, 0.1) is 13.2 Å². The van der Waals surface area contributed by atoms with Crippen LogP contribution >= 0.6 is 0 Å². The van der Waals surface area contributed by atoms with E-state index in [4.69, 9.17) is 10.5 Å². The van der Waals surface area contributed by atoms with Gasteiger partial charge >= 0.3 is 0 Å². The molecule has 2 nitrogen and oxygen atoms in total. The lowest BCUT2D eigenvalue weighted by atomic mass is 9.57. The Hall–Kier alpha value is -0.0800. The first-order valence-corrected chi connectivity index (χ1v) is 5.50. The molecule has 0 spiro atoms. The second-order valence-electron chi connectivity index (χ2n) is 5.10. The highest BCUT2D eigenvalue weighted by atomic mass is 16.5. The van der Waals surface area contributed by atoms with Gasteiger partial charge in [0.2, 0.25) is 0 Å². The van der Waals surface area contributed by atoms with Gasteiger partial charge < -0.3 is 10.5 Å². The van der Waals surface area contributed by atoms with Crippen molar-refractivity contribution in [2.45, 2.75) is 39.0 Å². The Balaban J connectivity index is 2.12. The Bertz CT molecular complexity index is 181. The van der Waals surface area contributed by atoms with E-state index < -0.39 is 0 Å². The van der Waals surface area contributed by atoms with E-state index in [1.807, 2.05) is 0 Å². The summed E-state index contributed by atoms with van der Waals surface area (Å²) < 4.78 is 5.36. The quantitative estimate of drug-likeness (QED) is 0.710. The zero-order valence-corrected chi connectivity index (χ0v) is 8.64. The van der Waals surface area contributed by atoms with Crippen molar-refractivity contribution in [1.29, 1.82) is 0 Å². The fraction of sp³-hybridized carbons (Fsp3) is 1.00. The van der Waals surface area contributed by atoms with Crippen LogP contribution in [-0.4, -0.2) is 19.8 Å². The van der Waals surface area contributed by atoms with Crippen molar-refractivity contribution in [3.8, 4) is 0 Å². The average Bonchev–Trinajstić information content (AvgIpc) is 2.15. The van der Waals surface area contributed by atoms with Crippen LogP contribution in [0.25, 0.3) is 0 Å². The standard InChI is InChI=1S/C11H21NO/c1-10(8-13-9-10)11(7-12)5-3-2-4-6-11/h2-9,12H2,1H3. The van der Waals surface area contributed by atoms with Gasteiger partial charge in [0.1, 0.15) is 0 Å². The van der Waals surface area contributed by atoms with E-state index in [0.717, 1.165) is 19.8 Å². The highest BCUT2D eigenvalue weighted by Crippen LogP contribution is 2.52. The van der Waals surface area contributed by atoms with Gasteiger partial charge in [-0.15, -0.1) is 0 Å². The van der Waals surface area contributed by atoms with Crippen LogP contribution in [-0.2, 0) is 4.74 Å². The van der Waals surface area contributed by atoms with Gasteiger partial charge in [-0.1, -0.05) is 26.2 Å². The molecule has 2 rings (SSSR count). The zero-order valence-electron chi connectivity index (χ0n) is 8.64. The Kier molecular flexibility index (Phi) is 2.37. The molecule has 0 bridgehead atoms. The number of ether oxygens (including phenoxy) is 1. The fourth-order valence-electron chi connectivity index (χ4n) is 3.00. The molecule has 0 unspecified atom stereocenters. The van der Waals surface area contributed by atoms with Gasteiger partial charge in [0.15, 0.2) is 0 Å². The number of rotatable bonds is 2. The Morgan fingerprint density at radius 2 is 1.77 bits per heavy atom. The molecule has 1 heterocycles. The maximum absolute atomic E-state index is 5.98. The maximum Gasteiger partial charge on any atom is 0.0547 e. The van der Waals surface area contributed by atoms with Crippen molar-refractivity contribution in [2.24, 2.45) is 16.6 Å².